The number of rotatable bonds is 5. The fourth-order valence-electron chi connectivity index (χ4n) is 2.76. The molecule has 5 heteroatoms. The van der Waals surface area contributed by atoms with E-state index in [1.165, 1.54) is 5.56 Å². The summed E-state index contributed by atoms with van der Waals surface area (Å²) < 4.78 is 5.81. The van der Waals surface area contributed by atoms with E-state index in [-0.39, 0.29) is 12.1 Å². The number of urea groups is 1. The third-order valence-corrected chi connectivity index (χ3v) is 4.10. The van der Waals surface area contributed by atoms with Gasteiger partial charge < -0.3 is 15.0 Å². The number of carbonyl (C=O) groups is 1. The summed E-state index contributed by atoms with van der Waals surface area (Å²) in [7, 11) is 0. The van der Waals surface area contributed by atoms with Gasteiger partial charge in [-0.05, 0) is 44.6 Å². The highest BCUT2D eigenvalue weighted by atomic mass is 16.5. The van der Waals surface area contributed by atoms with Gasteiger partial charge in [-0.1, -0.05) is 19.9 Å². The first-order valence-electron chi connectivity index (χ1n) is 8.55. The zero-order valence-corrected chi connectivity index (χ0v) is 14.8. The first-order valence-corrected chi connectivity index (χ1v) is 8.55. The molecule has 5 nitrogen and oxygen atoms in total. The van der Waals surface area contributed by atoms with E-state index < -0.39 is 0 Å². The van der Waals surface area contributed by atoms with Crippen LogP contribution in [0.2, 0.25) is 0 Å². The van der Waals surface area contributed by atoms with Crippen molar-refractivity contribution in [1.82, 2.24) is 15.1 Å². The van der Waals surface area contributed by atoms with Crippen LogP contribution in [0.15, 0.2) is 18.2 Å². The minimum Gasteiger partial charge on any atom is -0.491 e. The van der Waals surface area contributed by atoms with Crippen molar-refractivity contribution in [2.45, 2.75) is 46.8 Å². The van der Waals surface area contributed by atoms with Crippen LogP contribution in [0.1, 0.15) is 38.8 Å². The monoisotopic (exact) mass is 319 g/mol. The van der Waals surface area contributed by atoms with Gasteiger partial charge in [-0.3, -0.25) is 4.90 Å². The molecule has 0 aliphatic carbocycles. The second-order valence-corrected chi connectivity index (χ2v) is 6.28. The van der Waals surface area contributed by atoms with Crippen molar-refractivity contribution in [1.29, 1.82) is 0 Å². The van der Waals surface area contributed by atoms with Crippen molar-refractivity contribution < 1.29 is 9.53 Å². The molecule has 0 radical (unpaired) electrons. The van der Waals surface area contributed by atoms with Crippen molar-refractivity contribution in [2.75, 3.05) is 26.2 Å². The third kappa shape index (κ3) is 4.86. The molecule has 2 amide bonds. The Kier molecular flexibility index (Phi) is 6.28. The van der Waals surface area contributed by atoms with Crippen LogP contribution in [0.5, 0.6) is 5.75 Å². The van der Waals surface area contributed by atoms with Crippen LogP contribution in [0.25, 0.3) is 0 Å². The van der Waals surface area contributed by atoms with E-state index in [4.69, 9.17) is 4.74 Å². The number of hydrogen-bond acceptors (Lipinski definition) is 3. The molecule has 1 aromatic carbocycles. The summed E-state index contributed by atoms with van der Waals surface area (Å²) in [5.74, 6) is 0.896. The lowest BCUT2D eigenvalue weighted by molar-refractivity contribution is 0.185. The van der Waals surface area contributed by atoms with Gasteiger partial charge in [0.2, 0.25) is 0 Å². The first kappa shape index (κ1) is 17.6. The second kappa shape index (κ2) is 8.20. The number of hydrogen-bond donors (Lipinski definition) is 1. The molecule has 1 aliphatic heterocycles. The van der Waals surface area contributed by atoms with E-state index in [0.717, 1.165) is 30.9 Å². The van der Waals surface area contributed by atoms with Crippen molar-refractivity contribution in [3.63, 3.8) is 0 Å². The van der Waals surface area contributed by atoms with E-state index in [1.54, 1.807) is 0 Å². The third-order valence-electron chi connectivity index (χ3n) is 4.10. The van der Waals surface area contributed by atoms with Crippen LogP contribution in [0.3, 0.4) is 0 Å². The molecular weight excluding hydrogens is 290 g/mol. The van der Waals surface area contributed by atoms with E-state index in [9.17, 15) is 4.79 Å². The maximum absolute atomic E-state index is 12.3. The predicted molar refractivity (Wildman–Crippen MR) is 92.6 cm³/mol. The van der Waals surface area contributed by atoms with Gasteiger partial charge in [-0.25, -0.2) is 4.79 Å². The highest BCUT2D eigenvalue weighted by Gasteiger charge is 2.20. The van der Waals surface area contributed by atoms with E-state index in [2.05, 4.69) is 36.2 Å². The summed E-state index contributed by atoms with van der Waals surface area (Å²) in [6.45, 7) is 13.0. The lowest BCUT2D eigenvalue weighted by atomic mass is 10.1. The summed E-state index contributed by atoms with van der Waals surface area (Å²) in [5.41, 5.74) is 2.35. The molecule has 0 bridgehead atoms. The molecule has 0 saturated heterocycles. The van der Waals surface area contributed by atoms with Gasteiger partial charge in [0.05, 0.1) is 13.1 Å². The number of nitrogens with zero attached hydrogens (tertiary/aromatic N) is 2. The fourth-order valence-corrected chi connectivity index (χ4v) is 2.76. The normalized spacial score (nSPS) is 14.4. The van der Waals surface area contributed by atoms with Crippen LogP contribution in [-0.4, -0.2) is 48.1 Å². The van der Waals surface area contributed by atoms with Crippen LogP contribution < -0.4 is 10.1 Å². The average molecular weight is 319 g/mol. The molecule has 1 aliphatic rings. The molecule has 0 unspecified atom stereocenters. The molecule has 0 spiro atoms. The molecule has 0 aromatic heterocycles. The van der Waals surface area contributed by atoms with Crippen LogP contribution in [0.4, 0.5) is 4.79 Å². The minimum atomic E-state index is -0.0226. The smallest absolute Gasteiger partial charge is 0.318 e. The SMILES string of the molecule is CCN(CC)Cc1ccc2c(c1)CN(C(=O)NC(C)C)CCO2. The average Bonchev–Trinajstić information content (AvgIpc) is 2.73. The first-order chi connectivity index (χ1) is 11.0. The molecule has 2 rings (SSSR count). The number of fused-ring (bicyclic) bond motifs is 1. The number of carbonyl (C=O) groups excluding carboxylic acids is 1. The molecule has 0 saturated carbocycles. The predicted octanol–water partition coefficient (Wildman–Crippen LogP) is 2.84. The molecule has 0 atom stereocenters. The Morgan fingerprint density at radius 2 is 2.09 bits per heavy atom. The molecular formula is C18H29N3O2. The topological polar surface area (TPSA) is 44.8 Å². The van der Waals surface area contributed by atoms with Gasteiger partial charge >= 0.3 is 6.03 Å². The van der Waals surface area contributed by atoms with Gasteiger partial charge in [-0.15, -0.1) is 0 Å². The molecule has 0 fully saturated rings. The maximum Gasteiger partial charge on any atom is 0.318 e. The van der Waals surface area contributed by atoms with E-state index in [1.807, 2.05) is 24.8 Å². The Bertz CT molecular complexity index is 527. The minimum absolute atomic E-state index is 0.0226. The largest absolute Gasteiger partial charge is 0.491 e. The second-order valence-electron chi connectivity index (χ2n) is 6.28. The summed E-state index contributed by atoms with van der Waals surface area (Å²) in [6.07, 6.45) is 0. The molecule has 128 valence electrons. The number of nitrogens with one attached hydrogen (secondary N) is 1. The zero-order chi connectivity index (χ0) is 16.8. The van der Waals surface area contributed by atoms with E-state index >= 15 is 0 Å². The van der Waals surface area contributed by atoms with Gasteiger partial charge in [-0.2, -0.15) is 0 Å². The van der Waals surface area contributed by atoms with Gasteiger partial charge in [0.15, 0.2) is 0 Å². The fraction of sp³-hybridized carbons (Fsp3) is 0.611. The Labute approximate surface area is 139 Å². The van der Waals surface area contributed by atoms with Gasteiger partial charge in [0.1, 0.15) is 12.4 Å². The van der Waals surface area contributed by atoms with Crippen LogP contribution >= 0.6 is 0 Å². The van der Waals surface area contributed by atoms with Gasteiger partial charge in [0.25, 0.3) is 0 Å². The molecule has 1 N–H and O–H groups in total. The van der Waals surface area contributed by atoms with Gasteiger partial charge in [0, 0.05) is 18.2 Å². The van der Waals surface area contributed by atoms with Crippen LogP contribution in [0, 0.1) is 0 Å². The molecule has 23 heavy (non-hydrogen) atoms. The standard InChI is InChI=1S/C18H29N3O2/c1-5-20(6-2)12-15-7-8-17-16(11-15)13-21(9-10-23-17)18(22)19-14(3)4/h7-8,11,14H,5-6,9-10,12-13H2,1-4H3,(H,19,22). The van der Waals surface area contributed by atoms with Crippen molar-refractivity contribution in [3.05, 3.63) is 29.3 Å². The lowest BCUT2D eigenvalue weighted by Crippen LogP contribution is -2.43. The quantitative estimate of drug-likeness (QED) is 0.907. The Balaban J connectivity index is 2.13. The molecule has 1 aromatic rings. The number of amides is 2. The summed E-state index contributed by atoms with van der Waals surface area (Å²) in [4.78, 5) is 16.5. The van der Waals surface area contributed by atoms with Crippen molar-refractivity contribution in [3.8, 4) is 5.75 Å². The zero-order valence-electron chi connectivity index (χ0n) is 14.8. The van der Waals surface area contributed by atoms with Crippen molar-refractivity contribution in [2.24, 2.45) is 0 Å². The molecule has 1 heterocycles. The summed E-state index contributed by atoms with van der Waals surface area (Å²) in [5, 5.41) is 2.96. The highest BCUT2D eigenvalue weighted by molar-refractivity contribution is 5.74. The Morgan fingerprint density at radius 1 is 1.35 bits per heavy atom. The van der Waals surface area contributed by atoms with Crippen LogP contribution in [-0.2, 0) is 13.1 Å². The summed E-state index contributed by atoms with van der Waals surface area (Å²) in [6, 6.07) is 6.46. The summed E-state index contributed by atoms with van der Waals surface area (Å²) >= 11 is 0. The number of ether oxygens (including phenoxy) is 1. The highest BCUT2D eigenvalue weighted by Crippen LogP contribution is 2.25. The van der Waals surface area contributed by atoms with Crippen molar-refractivity contribution >= 4 is 6.03 Å². The Hall–Kier alpha value is -1.75. The lowest BCUT2D eigenvalue weighted by Gasteiger charge is -2.22. The Morgan fingerprint density at radius 3 is 2.74 bits per heavy atom. The number of benzene rings is 1. The maximum atomic E-state index is 12.3. The van der Waals surface area contributed by atoms with E-state index in [0.29, 0.717) is 19.7 Å².